The van der Waals surface area contributed by atoms with Crippen LogP contribution in [0.15, 0.2) is 30.3 Å². The van der Waals surface area contributed by atoms with Gasteiger partial charge in [-0.3, -0.25) is 0 Å². The zero-order chi connectivity index (χ0) is 10.8. The van der Waals surface area contributed by atoms with Crippen molar-refractivity contribution in [3.05, 3.63) is 30.3 Å². The summed E-state index contributed by atoms with van der Waals surface area (Å²) < 4.78 is 6.50. The molecule has 0 aliphatic carbocycles. The maximum absolute atomic E-state index is 9.14. The van der Waals surface area contributed by atoms with E-state index in [2.05, 4.69) is 5.10 Å². The zero-order valence-electron chi connectivity index (χ0n) is 8.21. The second-order valence-electron chi connectivity index (χ2n) is 3.04. The number of methoxy groups -OCH3 is 1. The molecule has 0 bridgehead atoms. The van der Waals surface area contributed by atoms with Crippen molar-refractivity contribution < 1.29 is 9.84 Å². The SMILES string of the molecule is COc1cc(N)n(-c2ccc(O)cc2)n1. The predicted octanol–water partition coefficient (Wildman–Crippen LogP) is 1.17. The molecule has 15 heavy (non-hydrogen) atoms. The third-order valence-corrected chi connectivity index (χ3v) is 2.02. The summed E-state index contributed by atoms with van der Waals surface area (Å²) in [6.45, 7) is 0. The molecule has 3 N–H and O–H groups in total. The maximum atomic E-state index is 9.14. The van der Waals surface area contributed by atoms with E-state index in [1.165, 1.54) is 11.8 Å². The minimum absolute atomic E-state index is 0.205. The van der Waals surface area contributed by atoms with E-state index in [1.54, 1.807) is 30.3 Å². The summed E-state index contributed by atoms with van der Waals surface area (Å²) in [6, 6.07) is 8.22. The first-order chi connectivity index (χ1) is 7.20. The molecule has 0 unspecified atom stereocenters. The highest BCUT2D eigenvalue weighted by molar-refractivity contribution is 5.45. The number of hydrogen-bond donors (Lipinski definition) is 2. The molecule has 0 atom stereocenters. The number of aromatic nitrogens is 2. The summed E-state index contributed by atoms with van der Waals surface area (Å²) in [5.74, 6) is 1.15. The van der Waals surface area contributed by atoms with E-state index in [-0.39, 0.29) is 5.75 Å². The van der Waals surface area contributed by atoms with Crippen molar-refractivity contribution in [3.63, 3.8) is 0 Å². The molecule has 5 nitrogen and oxygen atoms in total. The van der Waals surface area contributed by atoms with Crippen LogP contribution >= 0.6 is 0 Å². The average Bonchev–Trinajstić information content (AvgIpc) is 2.61. The van der Waals surface area contributed by atoms with Gasteiger partial charge < -0.3 is 15.6 Å². The van der Waals surface area contributed by atoms with Gasteiger partial charge in [0, 0.05) is 6.07 Å². The quantitative estimate of drug-likeness (QED) is 0.771. The van der Waals surface area contributed by atoms with Crippen molar-refractivity contribution in [2.24, 2.45) is 0 Å². The largest absolute Gasteiger partial charge is 0.508 e. The number of benzene rings is 1. The first-order valence-corrected chi connectivity index (χ1v) is 4.39. The Bertz CT molecular complexity index is 462. The number of nitrogens with two attached hydrogens (primary N) is 1. The predicted molar refractivity (Wildman–Crippen MR) is 56.2 cm³/mol. The number of aromatic hydroxyl groups is 1. The summed E-state index contributed by atoms with van der Waals surface area (Å²) >= 11 is 0. The topological polar surface area (TPSA) is 73.3 Å². The number of anilines is 1. The first kappa shape index (κ1) is 9.39. The molecule has 0 saturated carbocycles. The zero-order valence-corrected chi connectivity index (χ0v) is 8.21. The highest BCUT2D eigenvalue weighted by atomic mass is 16.5. The van der Waals surface area contributed by atoms with E-state index in [9.17, 15) is 0 Å². The van der Waals surface area contributed by atoms with Gasteiger partial charge in [-0.2, -0.15) is 0 Å². The smallest absolute Gasteiger partial charge is 0.235 e. The Hall–Kier alpha value is -2.17. The second-order valence-corrected chi connectivity index (χ2v) is 3.04. The summed E-state index contributed by atoms with van der Waals surface area (Å²) in [7, 11) is 1.53. The summed E-state index contributed by atoms with van der Waals surface area (Å²) in [5, 5.41) is 13.3. The lowest BCUT2D eigenvalue weighted by molar-refractivity contribution is 0.394. The average molecular weight is 205 g/mol. The Morgan fingerprint density at radius 1 is 1.33 bits per heavy atom. The van der Waals surface area contributed by atoms with Crippen LogP contribution in [-0.2, 0) is 0 Å². The third-order valence-electron chi connectivity index (χ3n) is 2.02. The Balaban J connectivity index is 2.44. The maximum Gasteiger partial charge on any atom is 0.235 e. The van der Waals surface area contributed by atoms with E-state index in [4.69, 9.17) is 15.6 Å². The number of ether oxygens (including phenoxy) is 1. The molecule has 0 amide bonds. The van der Waals surface area contributed by atoms with Crippen molar-refractivity contribution in [3.8, 4) is 17.3 Å². The minimum Gasteiger partial charge on any atom is -0.508 e. The van der Waals surface area contributed by atoms with Crippen molar-refractivity contribution in [2.45, 2.75) is 0 Å². The molecule has 0 spiro atoms. The van der Waals surface area contributed by atoms with Crippen molar-refractivity contribution in [1.29, 1.82) is 0 Å². The molecule has 0 aliphatic heterocycles. The van der Waals surface area contributed by atoms with Crippen LogP contribution in [0, 0.1) is 0 Å². The fourth-order valence-electron chi connectivity index (χ4n) is 1.27. The molecule has 78 valence electrons. The van der Waals surface area contributed by atoms with Gasteiger partial charge in [0.2, 0.25) is 5.88 Å². The fourth-order valence-corrected chi connectivity index (χ4v) is 1.27. The molecule has 1 aromatic carbocycles. The van der Waals surface area contributed by atoms with Crippen molar-refractivity contribution in [2.75, 3.05) is 12.8 Å². The second kappa shape index (κ2) is 3.53. The highest BCUT2D eigenvalue weighted by Crippen LogP contribution is 2.20. The summed E-state index contributed by atoms with van der Waals surface area (Å²) in [4.78, 5) is 0. The summed E-state index contributed by atoms with van der Waals surface area (Å²) in [6.07, 6.45) is 0. The van der Waals surface area contributed by atoms with E-state index in [1.807, 2.05) is 0 Å². The van der Waals surface area contributed by atoms with Crippen LogP contribution in [0.25, 0.3) is 5.69 Å². The lowest BCUT2D eigenvalue weighted by Crippen LogP contribution is -2.01. The van der Waals surface area contributed by atoms with E-state index < -0.39 is 0 Å². The van der Waals surface area contributed by atoms with Gasteiger partial charge in [0.05, 0.1) is 12.8 Å². The molecule has 0 aliphatic rings. The lowest BCUT2D eigenvalue weighted by Gasteiger charge is -2.02. The highest BCUT2D eigenvalue weighted by Gasteiger charge is 2.06. The van der Waals surface area contributed by atoms with E-state index >= 15 is 0 Å². The number of phenolic OH excluding ortho intramolecular Hbond substituents is 1. The van der Waals surface area contributed by atoms with E-state index in [0.717, 1.165) is 5.69 Å². The molecule has 0 saturated heterocycles. The molecule has 5 heteroatoms. The van der Waals surface area contributed by atoms with Crippen LogP contribution in [0.4, 0.5) is 5.82 Å². The van der Waals surface area contributed by atoms with Gasteiger partial charge in [-0.15, -0.1) is 5.10 Å². The fraction of sp³-hybridized carbons (Fsp3) is 0.100. The monoisotopic (exact) mass is 205 g/mol. The van der Waals surface area contributed by atoms with E-state index in [0.29, 0.717) is 11.7 Å². The Morgan fingerprint density at radius 3 is 2.53 bits per heavy atom. The van der Waals surface area contributed by atoms with Crippen LogP contribution in [0.5, 0.6) is 11.6 Å². The van der Waals surface area contributed by atoms with Crippen molar-refractivity contribution >= 4 is 5.82 Å². The number of rotatable bonds is 2. The number of nitrogens with zero attached hydrogens (tertiary/aromatic N) is 2. The van der Waals surface area contributed by atoms with Gasteiger partial charge in [-0.1, -0.05) is 0 Å². The third kappa shape index (κ3) is 1.71. The van der Waals surface area contributed by atoms with Crippen LogP contribution in [-0.4, -0.2) is 22.0 Å². The Morgan fingerprint density at radius 2 is 2.00 bits per heavy atom. The number of hydrogen-bond acceptors (Lipinski definition) is 4. The van der Waals surface area contributed by atoms with Gasteiger partial charge >= 0.3 is 0 Å². The van der Waals surface area contributed by atoms with Crippen LogP contribution < -0.4 is 10.5 Å². The summed E-state index contributed by atoms with van der Waals surface area (Å²) in [5.41, 5.74) is 6.52. The van der Waals surface area contributed by atoms with Gasteiger partial charge in [-0.05, 0) is 24.3 Å². The Kier molecular flexibility index (Phi) is 2.21. The number of nitrogen functional groups attached to an aromatic ring is 1. The van der Waals surface area contributed by atoms with Gasteiger partial charge in [0.15, 0.2) is 0 Å². The van der Waals surface area contributed by atoms with Gasteiger partial charge in [0.1, 0.15) is 11.6 Å². The lowest BCUT2D eigenvalue weighted by atomic mass is 10.3. The molecular formula is C10H11N3O2. The number of phenols is 1. The molecule has 1 heterocycles. The first-order valence-electron chi connectivity index (χ1n) is 4.39. The molecular weight excluding hydrogens is 194 g/mol. The minimum atomic E-state index is 0.205. The van der Waals surface area contributed by atoms with Gasteiger partial charge in [-0.25, -0.2) is 4.68 Å². The van der Waals surface area contributed by atoms with Crippen LogP contribution in [0.2, 0.25) is 0 Å². The normalized spacial score (nSPS) is 10.2. The molecule has 1 aromatic heterocycles. The molecule has 0 radical (unpaired) electrons. The Labute approximate surface area is 86.7 Å². The molecule has 2 aromatic rings. The van der Waals surface area contributed by atoms with Gasteiger partial charge in [0.25, 0.3) is 0 Å². The van der Waals surface area contributed by atoms with Crippen LogP contribution in [0.3, 0.4) is 0 Å². The molecule has 0 fully saturated rings. The standard InChI is InChI=1S/C10H11N3O2/c1-15-10-6-9(11)13(12-10)7-2-4-8(14)5-3-7/h2-6,14H,11H2,1H3. The van der Waals surface area contributed by atoms with Crippen molar-refractivity contribution in [1.82, 2.24) is 9.78 Å². The molecule has 2 rings (SSSR count). The van der Waals surface area contributed by atoms with Crippen LogP contribution in [0.1, 0.15) is 0 Å².